The van der Waals surface area contributed by atoms with Crippen molar-refractivity contribution in [3.8, 4) is 0 Å². The van der Waals surface area contributed by atoms with Crippen molar-refractivity contribution in [2.24, 2.45) is 17.6 Å². The molecule has 24 heavy (non-hydrogen) atoms. The van der Waals surface area contributed by atoms with Gasteiger partial charge < -0.3 is 15.1 Å². The van der Waals surface area contributed by atoms with Crippen molar-refractivity contribution in [3.63, 3.8) is 0 Å². The van der Waals surface area contributed by atoms with Crippen LogP contribution in [0.25, 0.3) is 11.0 Å². The Morgan fingerprint density at radius 3 is 2.88 bits per heavy atom. The lowest BCUT2D eigenvalue weighted by Crippen LogP contribution is -2.34. The molecule has 1 aromatic heterocycles. The first-order valence-corrected chi connectivity index (χ1v) is 9.24. The number of fused-ring (bicyclic) bond motifs is 3. The van der Waals surface area contributed by atoms with Crippen LogP contribution in [0.1, 0.15) is 36.0 Å². The highest BCUT2D eigenvalue weighted by atomic mass is 16.3. The molecule has 2 heterocycles. The minimum atomic E-state index is 0.222. The molecule has 1 aromatic carbocycles. The summed E-state index contributed by atoms with van der Waals surface area (Å²) in [5.74, 6) is 1.35. The van der Waals surface area contributed by atoms with Gasteiger partial charge in [-0.2, -0.15) is 0 Å². The number of likely N-dealkylation sites (tertiary alicyclic amines) is 1. The van der Waals surface area contributed by atoms with Gasteiger partial charge in [0.1, 0.15) is 5.58 Å². The van der Waals surface area contributed by atoms with Gasteiger partial charge in [-0.1, -0.05) is 0 Å². The number of hydrogen-bond donors (Lipinski definition) is 1. The minimum absolute atomic E-state index is 0.222. The van der Waals surface area contributed by atoms with Gasteiger partial charge in [0.15, 0.2) is 0 Å². The van der Waals surface area contributed by atoms with Gasteiger partial charge in [-0.05, 0) is 67.2 Å². The molecule has 126 valence electrons. The van der Waals surface area contributed by atoms with E-state index in [-0.39, 0.29) is 11.9 Å². The summed E-state index contributed by atoms with van der Waals surface area (Å²) in [7, 11) is 0. The Kier molecular flexibility index (Phi) is 3.24. The fraction of sp³-hybridized carbons (Fsp3) is 0.550. The molecule has 3 unspecified atom stereocenters. The molecule has 1 saturated carbocycles. The highest BCUT2D eigenvalue weighted by Crippen LogP contribution is 2.37. The van der Waals surface area contributed by atoms with Crippen LogP contribution in [0.15, 0.2) is 22.8 Å². The number of aryl methyl sites for hydroxylation is 2. The van der Waals surface area contributed by atoms with Gasteiger partial charge >= 0.3 is 0 Å². The van der Waals surface area contributed by atoms with Gasteiger partial charge in [-0.15, -0.1) is 0 Å². The number of rotatable bonds is 2. The van der Waals surface area contributed by atoms with Crippen molar-refractivity contribution in [3.05, 3.63) is 35.1 Å². The normalized spacial score (nSPS) is 28.5. The maximum atomic E-state index is 12.8. The predicted molar refractivity (Wildman–Crippen MR) is 92.7 cm³/mol. The second-order valence-corrected chi connectivity index (χ2v) is 7.87. The largest absolute Gasteiger partial charge is 0.464 e. The summed E-state index contributed by atoms with van der Waals surface area (Å²) in [5.41, 5.74) is 11.0. The maximum absolute atomic E-state index is 12.8. The Hall–Kier alpha value is -1.81. The summed E-state index contributed by atoms with van der Waals surface area (Å²) in [6, 6.07) is 4.70. The first-order chi connectivity index (χ1) is 11.7. The Labute approximate surface area is 142 Å². The number of amides is 1. The molecule has 4 nitrogen and oxygen atoms in total. The molecule has 2 aliphatic carbocycles. The molecule has 3 aliphatic rings. The fourth-order valence-corrected chi connectivity index (χ4v) is 5.07. The van der Waals surface area contributed by atoms with Crippen LogP contribution in [0.4, 0.5) is 0 Å². The van der Waals surface area contributed by atoms with E-state index in [4.69, 9.17) is 10.2 Å². The monoisotopic (exact) mass is 324 g/mol. The average Bonchev–Trinajstić information content (AvgIpc) is 3.32. The average molecular weight is 324 g/mol. The quantitative estimate of drug-likeness (QED) is 0.924. The smallest absolute Gasteiger partial charge is 0.227 e. The van der Waals surface area contributed by atoms with Crippen molar-refractivity contribution < 1.29 is 9.21 Å². The number of benzene rings is 1. The highest BCUT2D eigenvalue weighted by molar-refractivity contribution is 5.88. The van der Waals surface area contributed by atoms with E-state index in [0.717, 1.165) is 48.9 Å². The lowest BCUT2D eigenvalue weighted by molar-refractivity contribution is -0.129. The van der Waals surface area contributed by atoms with Crippen LogP contribution in [0.2, 0.25) is 0 Å². The molecule has 1 amide bonds. The van der Waals surface area contributed by atoms with E-state index in [1.54, 1.807) is 6.26 Å². The number of nitrogens with zero attached hydrogens (tertiary/aromatic N) is 1. The zero-order chi connectivity index (χ0) is 16.3. The molecule has 0 bridgehead atoms. The molecule has 0 spiro atoms. The third-order valence-corrected chi connectivity index (χ3v) is 6.47. The molecule has 4 heteroatoms. The van der Waals surface area contributed by atoms with E-state index in [2.05, 4.69) is 12.1 Å². The summed E-state index contributed by atoms with van der Waals surface area (Å²) in [5, 5.41) is 1.13. The topological polar surface area (TPSA) is 59.5 Å². The van der Waals surface area contributed by atoms with Gasteiger partial charge in [0.05, 0.1) is 12.7 Å². The second kappa shape index (κ2) is 5.35. The van der Waals surface area contributed by atoms with E-state index >= 15 is 0 Å². The van der Waals surface area contributed by atoms with Crippen LogP contribution < -0.4 is 5.73 Å². The predicted octanol–water partition coefficient (Wildman–Crippen LogP) is 2.66. The van der Waals surface area contributed by atoms with E-state index in [0.29, 0.717) is 18.3 Å². The molecule has 0 radical (unpaired) electrons. The summed E-state index contributed by atoms with van der Waals surface area (Å²) in [6.45, 7) is 1.73. The maximum Gasteiger partial charge on any atom is 0.227 e. The molecule has 1 saturated heterocycles. The lowest BCUT2D eigenvalue weighted by atomic mass is 9.98. The minimum Gasteiger partial charge on any atom is -0.464 e. The Balaban J connectivity index is 1.36. The van der Waals surface area contributed by atoms with Crippen molar-refractivity contribution in [1.82, 2.24) is 4.90 Å². The molecular formula is C20H24N2O2. The van der Waals surface area contributed by atoms with Gasteiger partial charge in [0.2, 0.25) is 5.91 Å². The van der Waals surface area contributed by atoms with Crippen LogP contribution >= 0.6 is 0 Å². The SMILES string of the molecule is NC1CCC2CN(C(=O)Cc3coc4cc5c(cc34)CCC5)CC12. The summed E-state index contributed by atoms with van der Waals surface area (Å²) in [4.78, 5) is 14.8. The van der Waals surface area contributed by atoms with Gasteiger partial charge in [0, 0.05) is 30.1 Å². The van der Waals surface area contributed by atoms with Crippen molar-refractivity contribution in [2.75, 3.05) is 13.1 Å². The van der Waals surface area contributed by atoms with Crippen LogP contribution in [-0.4, -0.2) is 29.9 Å². The molecule has 2 N–H and O–H groups in total. The van der Waals surface area contributed by atoms with Gasteiger partial charge in [-0.25, -0.2) is 0 Å². The van der Waals surface area contributed by atoms with Gasteiger partial charge in [-0.3, -0.25) is 4.79 Å². The Morgan fingerprint density at radius 1 is 1.21 bits per heavy atom. The van der Waals surface area contributed by atoms with Crippen molar-refractivity contribution in [2.45, 2.75) is 44.6 Å². The first-order valence-electron chi connectivity index (χ1n) is 9.24. The van der Waals surface area contributed by atoms with E-state index in [1.807, 2.05) is 4.90 Å². The number of carbonyl (C=O) groups excluding carboxylic acids is 1. The molecule has 2 aromatic rings. The van der Waals surface area contributed by atoms with Gasteiger partial charge in [0.25, 0.3) is 0 Å². The van der Waals surface area contributed by atoms with E-state index in [9.17, 15) is 4.79 Å². The molecule has 2 fully saturated rings. The molecule has 3 atom stereocenters. The van der Waals surface area contributed by atoms with Crippen LogP contribution in [0.3, 0.4) is 0 Å². The number of nitrogens with two attached hydrogens (primary N) is 1. The summed E-state index contributed by atoms with van der Waals surface area (Å²) in [6.07, 6.45) is 8.05. The third-order valence-electron chi connectivity index (χ3n) is 6.47. The zero-order valence-corrected chi connectivity index (χ0v) is 14.0. The number of carbonyl (C=O) groups is 1. The molecular weight excluding hydrogens is 300 g/mol. The third kappa shape index (κ3) is 2.20. The number of hydrogen-bond acceptors (Lipinski definition) is 3. The standard InChI is InChI=1S/C20H24N2O2/c21-18-5-4-14-9-22(10-17(14)18)20(23)8-15-11-24-19-7-13-3-1-2-12(13)6-16(15)19/h6-7,11,14,17-18H,1-5,8-10,21H2. The highest BCUT2D eigenvalue weighted by Gasteiger charge is 2.42. The first kappa shape index (κ1) is 14.5. The summed E-state index contributed by atoms with van der Waals surface area (Å²) < 4.78 is 5.74. The Morgan fingerprint density at radius 2 is 2.04 bits per heavy atom. The van der Waals surface area contributed by atoms with E-state index < -0.39 is 0 Å². The van der Waals surface area contributed by atoms with Crippen LogP contribution in [0, 0.1) is 11.8 Å². The Bertz CT molecular complexity index is 809. The summed E-state index contributed by atoms with van der Waals surface area (Å²) >= 11 is 0. The van der Waals surface area contributed by atoms with Crippen molar-refractivity contribution in [1.29, 1.82) is 0 Å². The van der Waals surface area contributed by atoms with Crippen molar-refractivity contribution >= 4 is 16.9 Å². The second-order valence-electron chi connectivity index (χ2n) is 7.87. The fourth-order valence-electron chi connectivity index (χ4n) is 5.07. The lowest BCUT2D eigenvalue weighted by Gasteiger charge is -2.18. The van der Waals surface area contributed by atoms with E-state index in [1.165, 1.54) is 24.0 Å². The van der Waals surface area contributed by atoms with Crippen LogP contribution in [0.5, 0.6) is 0 Å². The van der Waals surface area contributed by atoms with Crippen LogP contribution in [-0.2, 0) is 24.1 Å². The molecule has 5 rings (SSSR count). The zero-order valence-electron chi connectivity index (χ0n) is 14.0. The molecule has 1 aliphatic heterocycles. The number of furan rings is 1.